The summed E-state index contributed by atoms with van der Waals surface area (Å²) in [6.07, 6.45) is 7.74. The number of nitrogens with zero attached hydrogens (tertiary/aromatic N) is 5. The molecule has 1 saturated heterocycles. The summed E-state index contributed by atoms with van der Waals surface area (Å²) in [6, 6.07) is 4.71. The Labute approximate surface area is 227 Å². The maximum atomic E-state index is 16.2. The predicted molar refractivity (Wildman–Crippen MR) is 149 cm³/mol. The molecule has 1 amide bonds. The van der Waals surface area contributed by atoms with E-state index in [9.17, 15) is 9.18 Å². The second-order valence-electron chi connectivity index (χ2n) is 10.5. The fraction of sp³-hybridized carbons (Fsp3) is 0.414. The third-order valence-corrected chi connectivity index (χ3v) is 7.67. The van der Waals surface area contributed by atoms with Gasteiger partial charge in [-0.25, -0.2) is 13.8 Å². The molecule has 0 radical (unpaired) electrons. The van der Waals surface area contributed by atoms with E-state index in [1.165, 1.54) is 12.1 Å². The minimum atomic E-state index is -1.52. The van der Waals surface area contributed by atoms with Gasteiger partial charge in [0.05, 0.1) is 24.6 Å². The van der Waals surface area contributed by atoms with Crippen LogP contribution in [-0.2, 0) is 5.67 Å². The van der Waals surface area contributed by atoms with Crippen molar-refractivity contribution in [1.29, 1.82) is 0 Å². The number of methoxy groups -OCH3 is 1. The van der Waals surface area contributed by atoms with Crippen LogP contribution in [0.25, 0.3) is 11.3 Å². The molecule has 39 heavy (non-hydrogen) atoms. The summed E-state index contributed by atoms with van der Waals surface area (Å²) in [6.45, 7) is 6.78. The molecule has 1 aromatic carbocycles. The Kier molecular flexibility index (Phi) is 7.15. The number of hydrogen-bond donors (Lipinski definition) is 1. The molecule has 0 spiro atoms. The fourth-order valence-electron chi connectivity index (χ4n) is 5.06. The van der Waals surface area contributed by atoms with Gasteiger partial charge in [0.1, 0.15) is 28.7 Å². The molecule has 2 aliphatic rings. The van der Waals surface area contributed by atoms with E-state index < -0.39 is 17.4 Å². The number of alkyl halides is 1. The molecule has 1 aliphatic heterocycles. The SMILES string of the molecule is C=N/C(=C\N(C)c1cnc2cc(OC)c(C3(F)CCN(C)CC3)cn12)c1cc(C(=O)NC2CC2)c(F)cc1C. The Balaban J connectivity index is 1.52. The number of likely N-dealkylation sites (tertiary alicyclic amines) is 1. The molecular formula is C29H34F2N6O2. The van der Waals surface area contributed by atoms with Gasteiger partial charge < -0.3 is 19.9 Å². The van der Waals surface area contributed by atoms with E-state index in [1.807, 2.05) is 18.5 Å². The van der Waals surface area contributed by atoms with Crippen molar-refractivity contribution in [3.63, 3.8) is 0 Å². The molecule has 10 heteroatoms. The number of halogens is 2. The van der Waals surface area contributed by atoms with Gasteiger partial charge >= 0.3 is 0 Å². The van der Waals surface area contributed by atoms with Crippen molar-refractivity contribution in [2.45, 2.75) is 44.3 Å². The molecule has 0 bridgehead atoms. The van der Waals surface area contributed by atoms with E-state index in [4.69, 9.17) is 4.74 Å². The summed E-state index contributed by atoms with van der Waals surface area (Å²) in [5.74, 6) is 0.115. The zero-order chi connectivity index (χ0) is 27.9. The van der Waals surface area contributed by atoms with E-state index in [0.717, 1.165) is 12.8 Å². The van der Waals surface area contributed by atoms with Crippen LogP contribution in [0.1, 0.15) is 52.7 Å². The molecule has 1 aliphatic carbocycles. The Morgan fingerprint density at radius 1 is 1.28 bits per heavy atom. The van der Waals surface area contributed by atoms with Crippen LogP contribution in [0, 0.1) is 12.7 Å². The van der Waals surface area contributed by atoms with Crippen LogP contribution >= 0.6 is 0 Å². The summed E-state index contributed by atoms with van der Waals surface area (Å²) in [5.41, 5.74) is 1.21. The van der Waals surface area contributed by atoms with Gasteiger partial charge in [0, 0.05) is 55.8 Å². The number of aromatic nitrogens is 2. The number of amides is 1. The number of rotatable bonds is 8. The van der Waals surface area contributed by atoms with E-state index in [-0.39, 0.29) is 11.6 Å². The van der Waals surface area contributed by atoms with Crippen molar-refractivity contribution < 1.29 is 18.3 Å². The molecule has 5 rings (SSSR count). The summed E-state index contributed by atoms with van der Waals surface area (Å²) < 4.78 is 38.3. The third-order valence-electron chi connectivity index (χ3n) is 7.67. The van der Waals surface area contributed by atoms with Gasteiger partial charge in [-0.3, -0.25) is 14.2 Å². The zero-order valence-electron chi connectivity index (χ0n) is 22.8. The molecule has 8 nitrogen and oxygen atoms in total. The molecule has 2 aromatic heterocycles. The molecule has 3 aromatic rings. The highest BCUT2D eigenvalue weighted by Crippen LogP contribution is 2.42. The van der Waals surface area contributed by atoms with Crippen LogP contribution in [0.2, 0.25) is 0 Å². The quantitative estimate of drug-likeness (QED) is 0.422. The summed E-state index contributed by atoms with van der Waals surface area (Å²) in [5, 5.41) is 2.83. The summed E-state index contributed by atoms with van der Waals surface area (Å²) in [7, 11) is 5.35. The van der Waals surface area contributed by atoms with Gasteiger partial charge in [-0.2, -0.15) is 0 Å². The zero-order valence-corrected chi connectivity index (χ0v) is 22.8. The molecular weight excluding hydrogens is 502 g/mol. The Morgan fingerprint density at radius 2 is 2.00 bits per heavy atom. The fourth-order valence-corrected chi connectivity index (χ4v) is 5.06. The first-order valence-corrected chi connectivity index (χ1v) is 13.1. The van der Waals surface area contributed by atoms with E-state index >= 15 is 4.39 Å². The van der Waals surface area contributed by atoms with Crippen LogP contribution in [0.5, 0.6) is 5.75 Å². The van der Waals surface area contributed by atoms with Crippen molar-refractivity contribution in [3.8, 4) is 5.75 Å². The Hall–Kier alpha value is -3.79. The topological polar surface area (TPSA) is 74.5 Å². The monoisotopic (exact) mass is 536 g/mol. The number of piperidine rings is 1. The third kappa shape index (κ3) is 5.25. The van der Waals surface area contributed by atoms with Crippen molar-refractivity contribution >= 4 is 29.8 Å². The number of anilines is 1. The van der Waals surface area contributed by atoms with E-state index in [1.54, 1.807) is 43.6 Å². The number of aliphatic imine (C=N–C) groups is 1. The molecule has 3 heterocycles. The highest BCUT2D eigenvalue weighted by Gasteiger charge is 2.38. The number of aryl methyl sites for hydroxylation is 1. The van der Waals surface area contributed by atoms with Crippen LogP contribution in [0.4, 0.5) is 14.6 Å². The Bertz CT molecular complexity index is 1450. The number of fused-ring (bicyclic) bond motifs is 1. The first-order chi connectivity index (χ1) is 18.6. The predicted octanol–water partition coefficient (Wildman–Crippen LogP) is 4.71. The second kappa shape index (κ2) is 10.4. The lowest BCUT2D eigenvalue weighted by molar-refractivity contribution is 0.0645. The summed E-state index contributed by atoms with van der Waals surface area (Å²) in [4.78, 5) is 25.2. The molecule has 0 unspecified atom stereocenters. The highest BCUT2D eigenvalue weighted by atomic mass is 19.1. The second-order valence-corrected chi connectivity index (χ2v) is 10.5. The average molecular weight is 537 g/mol. The van der Waals surface area contributed by atoms with Gasteiger partial charge in [-0.1, -0.05) is 0 Å². The van der Waals surface area contributed by atoms with Gasteiger partial charge in [-0.15, -0.1) is 0 Å². The minimum Gasteiger partial charge on any atom is -0.496 e. The van der Waals surface area contributed by atoms with Crippen molar-refractivity contribution in [2.75, 3.05) is 39.2 Å². The Morgan fingerprint density at radius 3 is 2.64 bits per heavy atom. The van der Waals surface area contributed by atoms with Gasteiger partial charge in [-0.05, 0) is 64.1 Å². The molecule has 0 atom stereocenters. The molecule has 206 valence electrons. The van der Waals surface area contributed by atoms with Crippen LogP contribution in [-0.4, -0.2) is 67.2 Å². The number of nitrogens with one attached hydrogen (secondary N) is 1. The van der Waals surface area contributed by atoms with Crippen molar-refractivity contribution in [3.05, 3.63) is 64.9 Å². The number of imidazole rings is 1. The number of pyridine rings is 1. The standard InChI is InChI=1S/C29H34F2N6O2/c1-18-12-23(30)21(28(38)34-19-6-7-19)13-20(18)24(32-2)17-36(4)27-15-33-26-14-25(39-5)22(16-37(26)27)29(31)8-10-35(3)11-9-29/h12-17,19H,2,6-11H2,1,3-5H3,(H,34,38)/b24-17-. The van der Waals surface area contributed by atoms with Crippen molar-refractivity contribution in [1.82, 2.24) is 19.6 Å². The van der Waals surface area contributed by atoms with Gasteiger partial charge in [0.15, 0.2) is 0 Å². The average Bonchev–Trinajstić information content (AvgIpc) is 3.63. The number of carbonyl (C=O) groups is 1. The lowest BCUT2D eigenvalue weighted by Gasteiger charge is -2.35. The summed E-state index contributed by atoms with van der Waals surface area (Å²) >= 11 is 0. The largest absolute Gasteiger partial charge is 0.496 e. The number of benzene rings is 1. The normalized spacial score (nSPS) is 17.7. The first kappa shape index (κ1) is 26.8. The van der Waals surface area contributed by atoms with Gasteiger partial charge in [0.25, 0.3) is 5.91 Å². The smallest absolute Gasteiger partial charge is 0.254 e. The number of ether oxygens (including phenoxy) is 1. The van der Waals surface area contributed by atoms with E-state index in [2.05, 4.69) is 26.9 Å². The first-order valence-electron chi connectivity index (χ1n) is 13.1. The van der Waals surface area contributed by atoms with Crippen LogP contribution in [0.3, 0.4) is 0 Å². The maximum absolute atomic E-state index is 16.2. The number of carbonyl (C=O) groups excluding carboxylic acids is 1. The van der Waals surface area contributed by atoms with Crippen molar-refractivity contribution in [2.24, 2.45) is 4.99 Å². The lowest BCUT2D eigenvalue weighted by atomic mass is 9.86. The van der Waals surface area contributed by atoms with Crippen LogP contribution in [0.15, 0.2) is 41.8 Å². The molecule has 2 fully saturated rings. The van der Waals surface area contributed by atoms with Gasteiger partial charge in [0.2, 0.25) is 0 Å². The minimum absolute atomic E-state index is 0.0300. The van der Waals surface area contributed by atoms with Crippen LogP contribution < -0.4 is 15.0 Å². The lowest BCUT2D eigenvalue weighted by Crippen LogP contribution is -2.38. The molecule has 1 N–H and O–H groups in total. The highest BCUT2D eigenvalue weighted by molar-refractivity contribution is 5.96. The number of hydrogen-bond acceptors (Lipinski definition) is 6. The van der Waals surface area contributed by atoms with E-state index in [0.29, 0.717) is 65.5 Å². The molecule has 1 saturated carbocycles. The maximum Gasteiger partial charge on any atom is 0.254 e.